The van der Waals surface area contributed by atoms with E-state index in [1.807, 2.05) is 0 Å². The van der Waals surface area contributed by atoms with Crippen molar-refractivity contribution in [1.29, 1.82) is 0 Å². The summed E-state index contributed by atoms with van der Waals surface area (Å²) in [5.74, 6) is -0.569. The molecule has 1 aromatic rings. The molecular formula is C9H14N4O4. The minimum absolute atomic E-state index is 0.315. The number of hydrogen-bond acceptors (Lipinski definition) is 5. The van der Waals surface area contributed by atoms with Crippen LogP contribution in [0.4, 0.5) is 4.79 Å². The van der Waals surface area contributed by atoms with Crippen LogP contribution in [0.3, 0.4) is 0 Å². The van der Waals surface area contributed by atoms with Gasteiger partial charge in [0, 0.05) is 20.0 Å². The lowest BCUT2D eigenvalue weighted by Crippen LogP contribution is -2.46. The van der Waals surface area contributed by atoms with E-state index in [0.29, 0.717) is 18.8 Å². The highest BCUT2D eigenvalue weighted by atomic mass is 16.5. The third-order valence-electron chi connectivity index (χ3n) is 2.29. The largest absolute Gasteiger partial charge is 0.480 e. The van der Waals surface area contributed by atoms with E-state index < -0.39 is 18.0 Å². The molecule has 0 aliphatic rings. The van der Waals surface area contributed by atoms with Crippen LogP contribution in [0.1, 0.15) is 12.7 Å². The second-order valence-electron chi connectivity index (χ2n) is 3.45. The topological polar surface area (TPSA) is 109 Å². The van der Waals surface area contributed by atoms with E-state index in [4.69, 9.17) is 5.11 Å². The molecule has 1 aromatic heterocycles. The summed E-state index contributed by atoms with van der Waals surface area (Å²) in [6.45, 7) is 1.75. The Bertz CT molecular complexity index is 378. The first-order valence-electron chi connectivity index (χ1n) is 5.01. The van der Waals surface area contributed by atoms with Gasteiger partial charge in [-0.1, -0.05) is 5.16 Å². The van der Waals surface area contributed by atoms with Gasteiger partial charge in [-0.25, -0.2) is 9.59 Å². The molecule has 1 rings (SSSR count). The number of rotatable bonds is 5. The van der Waals surface area contributed by atoms with Gasteiger partial charge in [0.1, 0.15) is 6.04 Å². The van der Waals surface area contributed by atoms with Crippen molar-refractivity contribution in [2.45, 2.75) is 19.4 Å². The fraction of sp³-hybridized carbons (Fsp3) is 0.556. The van der Waals surface area contributed by atoms with Crippen molar-refractivity contribution in [2.24, 2.45) is 0 Å². The van der Waals surface area contributed by atoms with Crippen LogP contribution in [-0.2, 0) is 11.2 Å². The molecule has 94 valence electrons. The zero-order valence-electron chi connectivity index (χ0n) is 9.58. The SMILES string of the molecule is CC(C(=O)O)N(C)C(=O)NCCc1ncon1. The molecule has 17 heavy (non-hydrogen) atoms. The second kappa shape index (κ2) is 5.83. The van der Waals surface area contributed by atoms with Crippen molar-refractivity contribution in [3.63, 3.8) is 0 Å². The molecule has 0 bridgehead atoms. The van der Waals surface area contributed by atoms with Crippen molar-refractivity contribution in [1.82, 2.24) is 20.4 Å². The molecule has 1 unspecified atom stereocenters. The van der Waals surface area contributed by atoms with Crippen LogP contribution in [0.5, 0.6) is 0 Å². The lowest BCUT2D eigenvalue weighted by Gasteiger charge is -2.21. The standard InChI is InChI=1S/C9H14N4O4/c1-6(8(14)15)13(2)9(16)10-4-3-7-11-5-17-12-7/h5-6H,3-4H2,1-2H3,(H,10,16)(H,14,15). The zero-order chi connectivity index (χ0) is 12.8. The Labute approximate surface area is 97.6 Å². The summed E-state index contributed by atoms with van der Waals surface area (Å²) in [5.41, 5.74) is 0. The number of urea groups is 1. The molecule has 0 aliphatic carbocycles. The molecule has 8 heteroatoms. The van der Waals surface area contributed by atoms with E-state index in [9.17, 15) is 9.59 Å². The van der Waals surface area contributed by atoms with Gasteiger partial charge >= 0.3 is 12.0 Å². The summed E-state index contributed by atoms with van der Waals surface area (Å²) in [4.78, 5) is 27.1. The predicted octanol–water partition coefficient (Wildman–Crippen LogP) is -0.273. The normalized spacial score (nSPS) is 11.9. The average molecular weight is 242 g/mol. The van der Waals surface area contributed by atoms with E-state index in [1.54, 1.807) is 0 Å². The zero-order valence-corrected chi connectivity index (χ0v) is 9.58. The predicted molar refractivity (Wildman–Crippen MR) is 56.3 cm³/mol. The Morgan fingerprint density at radius 2 is 2.35 bits per heavy atom. The van der Waals surface area contributed by atoms with Gasteiger partial charge in [0.25, 0.3) is 0 Å². The van der Waals surface area contributed by atoms with Crippen LogP contribution in [0.25, 0.3) is 0 Å². The number of carbonyl (C=O) groups excluding carboxylic acids is 1. The molecule has 1 atom stereocenters. The number of amides is 2. The Kier molecular flexibility index (Phi) is 4.44. The van der Waals surface area contributed by atoms with Gasteiger partial charge in [-0.05, 0) is 6.92 Å². The fourth-order valence-corrected chi connectivity index (χ4v) is 1.05. The molecule has 0 saturated heterocycles. The van der Waals surface area contributed by atoms with Crippen LogP contribution >= 0.6 is 0 Å². The van der Waals surface area contributed by atoms with Crippen molar-refractivity contribution < 1.29 is 19.2 Å². The molecule has 0 saturated carbocycles. The highest BCUT2D eigenvalue weighted by Gasteiger charge is 2.21. The van der Waals surface area contributed by atoms with E-state index in [-0.39, 0.29) is 0 Å². The highest BCUT2D eigenvalue weighted by molar-refractivity contribution is 5.82. The number of carbonyl (C=O) groups is 2. The number of carboxylic acids is 1. The van der Waals surface area contributed by atoms with E-state index in [0.717, 1.165) is 4.90 Å². The van der Waals surface area contributed by atoms with Crippen LogP contribution in [0.15, 0.2) is 10.9 Å². The summed E-state index contributed by atoms with van der Waals surface area (Å²) in [7, 11) is 1.42. The monoisotopic (exact) mass is 242 g/mol. The van der Waals surface area contributed by atoms with Crippen LogP contribution in [0.2, 0.25) is 0 Å². The number of likely N-dealkylation sites (N-methyl/N-ethyl adjacent to an activating group) is 1. The molecule has 8 nitrogen and oxygen atoms in total. The lowest BCUT2D eigenvalue weighted by atomic mass is 10.3. The van der Waals surface area contributed by atoms with Crippen molar-refractivity contribution in [3.8, 4) is 0 Å². The van der Waals surface area contributed by atoms with Crippen molar-refractivity contribution >= 4 is 12.0 Å². The number of hydrogen-bond donors (Lipinski definition) is 2. The minimum atomic E-state index is -1.05. The van der Waals surface area contributed by atoms with Gasteiger partial charge in [-0.15, -0.1) is 0 Å². The highest BCUT2D eigenvalue weighted by Crippen LogP contribution is 1.96. The molecular weight excluding hydrogens is 228 g/mol. The second-order valence-corrected chi connectivity index (χ2v) is 3.45. The van der Waals surface area contributed by atoms with Gasteiger partial charge in [0.15, 0.2) is 5.82 Å². The number of carboxylic acid groups (broad SMARTS) is 1. The summed E-state index contributed by atoms with van der Waals surface area (Å²) in [6, 6.07) is -1.33. The lowest BCUT2D eigenvalue weighted by molar-refractivity contribution is -0.141. The summed E-state index contributed by atoms with van der Waals surface area (Å²) >= 11 is 0. The van der Waals surface area contributed by atoms with Gasteiger partial charge in [0.2, 0.25) is 6.39 Å². The first-order valence-corrected chi connectivity index (χ1v) is 5.01. The van der Waals surface area contributed by atoms with Crippen molar-refractivity contribution in [2.75, 3.05) is 13.6 Å². The Balaban J connectivity index is 2.32. The van der Waals surface area contributed by atoms with Crippen LogP contribution in [0, 0.1) is 0 Å². The molecule has 0 spiro atoms. The molecule has 0 aromatic carbocycles. The van der Waals surface area contributed by atoms with E-state index in [2.05, 4.69) is 20.0 Å². The maximum Gasteiger partial charge on any atom is 0.326 e. The number of nitrogens with one attached hydrogen (secondary N) is 1. The van der Waals surface area contributed by atoms with E-state index >= 15 is 0 Å². The van der Waals surface area contributed by atoms with Gasteiger partial charge in [-0.2, -0.15) is 4.98 Å². The third-order valence-corrected chi connectivity index (χ3v) is 2.29. The maximum atomic E-state index is 11.5. The summed E-state index contributed by atoms with van der Waals surface area (Å²) < 4.78 is 4.53. The summed E-state index contributed by atoms with van der Waals surface area (Å²) in [6.07, 6.45) is 1.63. The average Bonchev–Trinajstić information content (AvgIpc) is 2.79. The third kappa shape index (κ3) is 3.74. The van der Waals surface area contributed by atoms with Crippen molar-refractivity contribution in [3.05, 3.63) is 12.2 Å². The van der Waals surface area contributed by atoms with Gasteiger partial charge < -0.3 is 19.8 Å². The smallest absolute Gasteiger partial charge is 0.326 e. The number of aliphatic carboxylic acids is 1. The Hall–Kier alpha value is -2.12. The fourth-order valence-electron chi connectivity index (χ4n) is 1.05. The maximum absolute atomic E-state index is 11.5. The minimum Gasteiger partial charge on any atom is -0.480 e. The van der Waals surface area contributed by atoms with Gasteiger partial charge in [-0.3, -0.25) is 0 Å². The molecule has 1 heterocycles. The molecule has 0 radical (unpaired) electrons. The van der Waals surface area contributed by atoms with E-state index in [1.165, 1.54) is 20.4 Å². The first kappa shape index (κ1) is 12.9. The quantitative estimate of drug-likeness (QED) is 0.735. The molecule has 0 fully saturated rings. The molecule has 2 amide bonds. The molecule has 0 aliphatic heterocycles. The Morgan fingerprint density at radius 3 is 2.88 bits per heavy atom. The first-order chi connectivity index (χ1) is 8.02. The summed E-state index contributed by atoms with van der Waals surface area (Å²) in [5, 5.41) is 14.9. The number of nitrogens with zero attached hydrogens (tertiary/aromatic N) is 3. The number of aromatic nitrogens is 2. The van der Waals surface area contributed by atoms with Crippen LogP contribution in [-0.4, -0.2) is 51.8 Å². The molecule has 2 N–H and O–H groups in total. The van der Waals surface area contributed by atoms with Crippen LogP contribution < -0.4 is 5.32 Å². The van der Waals surface area contributed by atoms with Gasteiger partial charge in [0.05, 0.1) is 0 Å². The Morgan fingerprint density at radius 1 is 1.65 bits per heavy atom.